The summed E-state index contributed by atoms with van der Waals surface area (Å²) in [6.07, 6.45) is 1.04. The monoisotopic (exact) mass is 371 g/mol. The number of anilines is 1. The lowest BCUT2D eigenvalue weighted by Gasteiger charge is -2.22. The summed E-state index contributed by atoms with van der Waals surface area (Å²) in [7, 11) is 0. The van der Waals surface area contributed by atoms with Crippen molar-refractivity contribution in [2.75, 3.05) is 44.7 Å². The van der Waals surface area contributed by atoms with Crippen LogP contribution in [-0.4, -0.2) is 50.2 Å². The average Bonchev–Trinajstić information content (AvgIpc) is 2.92. The molecule has 0 aliphatic carbocycles. The number of ether oxygens (including phenoxy) is 2. The van der Waals surface area contributed by atoms with E-state index in [-0.39, 0.29) is 23.7 Å². The van der Waals surface area contributed by atoms with E-state index < -0.39 is 0 Å². The number of nitrogens with zero attached hydrogens (tertiary/aromatic N) is 1. The largest absolute Gasteiger partial charge is 0.490 e. The van der Waals surface area contributed by atoms with Gasteiger partial charge in [0.1, 0.15) is 0 Å². The van der Waals surface area contributed by atoms with E-state index in [0.717, 1.165) is 19.5 Å². The van der Waals surface area contributed by atoms with Crippen molar-refractivity contribution >= 4 is 24.0 Å². The first kappa shape index (κ1) is 21.5. The number of carbonyl (C=O) groups is 1. The first-order valence-electron chi connectivity index (χ1n) is 8.61. The smallest absolute Gasteiger partial charge is 0.238 e. The highest BCUT2D eigenvalue weighted by atomic mass is 35.5. The van der Waals surface area contributed by atoms with Crippen LogP contribution in [0.2, 0.25) is 0 Å². The molecule has 0 spiro atoms. The summed E-state index contributed by atoms with van der Waals surface area (Å²) >= 11 is 0. The highest BCUT2D eigenvalue weighted by Crippen LogP contribution is 2.31. The van der Waals surface area contributed by atoms with Crippen molar-refractivity contribution in [3.63, 3.8) is 0 Å². The lowest BCUT2D eigenvalue weighted by Crippen LogP contribution is -2.35. The van der Waals surface area contributed by atoms with Gasteiger partial charge in [-0.2, -0.15) is 0 Å². The standard InChI is InChI=1S/C18H29N3O3.ClH/c1-4-23-15-7-6-14(10-16(15)24-5-2)20-17(22)11-21-9-8-18(3,12-19)13-21;/h6-7,10H,4-5,8-9,11-13,19H2,1-3H3,(H,20,22);1H. The molecule has 1 aliphatic rings. The Labute approximate surface area is 156 Å². The van der Waals surface area contributed by atoms with Crippen molar-refractivity contribution in [1.82, 2.24) is 4.90 Å². The normalized spacial score (nSPS) is 20.0. The van der Waals surface area contributed by atoms with Gasteiger partial charge in [0.25, 0.3) is 0 Å². The second-order valence-corrected chi connectivity index (χ2v) is 6.55. The quantitative estimate of drug-likeness (QED) is 0.734. The molecule has 3 N–H and O–H groups in total. The van der Waals surface area contributed by atoms with Gasteiger partial charge in [0, 0.05) is 18.3 Å². The number of carbonyl (C=O) groups excluding carboxylic acids is 1. The van der Waals surface area contributed by atoms with E-state index in [0.29, 0.717) is 43.5 Å². The van der Waals surface area contributed by atoms with Gasteiger partial charge in [0.15, 0.2) is 11.5 Å². The van der Waals surface area contributed by atoms with E-state index in [2.05, 4.69) is 17.1 Å². The van der Waals surface area contributed by atoms with Crippen molar-refractivity contribution in [3.05, 3.63) is 18.2 Å². The summed E-state index contributed by atoms with van der Waals surface area (Å²) < 4.78 is 11.1. The Hall–Kier alpha value is -1.50. The third kappa shape index (κ3) is 6.06. The molecule has 25 heavy (non-hydrogen) atoms. The number of halogens is 1. The average molecular weight is 372 g/mol. The third-order valence-corrected chi connectivity index (χ3v) is 4.32. The van der Waals surface area contributed by atoms with Crippen molar-refractivity contribution in [1.29, 1.82) is 0 Å². The van der Waals surface area contributed by atoms with Gasteiger partial charge in [0.05, 0.1) is 19.8 Å². The van der Waals surface area contributed by atoms with Gasteiger partial charge >= 0.3 is 0 Å². The molecule has 1 aliphatic heterocycles. The summed E-state index contributed by atoms with van der Waals surface area (Å²) in [5.74, 6) is 1.31. The van der Waals surface area contributed by atoms with Crippen LogP contribution >= 0.6 is 12.4 Å². The number of nitrogens with two attached hydrogens (primary N) is 1. The SMILES string of the molecule is CCOc1ccc(NC(=O)CN2CCC(C)(CN)C2)cc1OCC.Cl. The van der Waals surface area contributed by atoms with Crippen LogP contribution in [0.15, 0.2) is 18.2 Å². The number of nitrogens with one attached hydrogen (secondary N) is 1. The third-order valence-electron chi connectivity index (χ3n) is 4.32. The molecular weight excluding hydrogens is 342 g/mol. The highest BCUT2D eigenvalue weighted by molar-refractivity contribution is 5.92. The number of benzene rings is 1. The first-order chi connectivity index (χ1) is 11.5. The summed E-state index contributed by atoms with van der Waals surface area (Å²) in [6.45, 7) is 9.95. The Morgan fingerprint density at radius 2 is 1.96 bits per heavy atom. The summed E-state index contributed by atoms with van der Waals surface area (Å²) in [4.78, 5) is 14.4. The Balaban J connectivity index is 0.00000312. The van der Waals surface area contributed by atoms with E-state index in [9.17, 15) is 4.79 Å². The molecule has 1 heterocycles. The van der Waals surface area contributed by atoms with Crippen LogP contribution in [-0.2, 0) is 4.79 Å². The lowest BCUT2D eigenvalue weighted by atomic mass is 9.90. The molecule has 0 radical (unpaired) electrons. The Morgan fingerprint density at radius 3 is 2.56 bits per heavy atom. The van der Waals surface area contributed by atoms with Gasteiger partial charge in [-0.1, -0.05) is 6.92 Å². The molecule has 7 heteroatoms. The summed E-state index contributed by atoms with van der Waals surface area (Å²) in [5, 5.41) is 2.93. The van der Waals surface area contributed by atoms with Crippen LogP contribution in [0.4, 0.5) is 5.69 Å². The minimum atomic E-state index is -0.0251. The Bertz CT molecular complexity index is 570. The maximum Gasteiger partial charge on any atom is 0.238 e. The molecule has 1 fully saturated rings. The van der Waals surface area contributed by atoms with Crippen LogP contribution < -0.4 is 20.5 Å². The predicted molar refractivity (Wildman–Crippen MR) is 103 cm³/mol. The van der Waals surface area contributed by atoms with E-state index in [1.165, 1.54) is 0 Å². The number of rotatable bonds is 8. The Kier molecular flexibility index (Phi) is 8.48. The highest BCUT2D eigenvalue weighted by Gasteiger charge is 2.33. The number of hydrogen-bond acceptors (Lipinski definition) is 5. The van der Waals surface area contributed by atoms with E-state index >= 15 is 0 Å². The minimum absolute atomic E-state index is 0. The predicted octanol–water partition coefficient (Wildman–Crippen LogP) is 2.52. The fourth-order valence-corrected chi connectivity index (χ4v) is 2.96. The van der Waals surface area contributed by atoms with Gasteiger partial charge in [-0.15, -0.1) is 12.4 Å². The van der Waals surface area contributed by atoms with Crippen molar-refractivity contribution in [2.24, 2.45) is 11.1 Å². The molecular formula is C18H30ClN3O3. The molecule has 0 saturated carbocycles. The molecule has 0 aromatic heterocycles. The number of amides is 1. The molecule has 1 amide bonds. The van der Waals surface area contributed by atoms with Crippen molar-refractivity contribution < 1.29 is 14.3 Å². The Morgan fingerprint density at radius 1 is 1.28 bits per heavy atom. The molecule has 142 valence electrons. The van der Waals surface area contributed by atoms with Crippen molar-refractivity contribution in [2.45, 2.75) is 27.2 Å². The van der Waals surface area contributed by atoms with Crippen molar-refractivity contribution in [3.8, 4) is 11.5 Å². The van der Waals surface area contributed by atoms with E-state index in [4.69, 9.17) is 15.2 Å². The van der Waals surface area contributed by atoms with E-state index in [1.807, 2.05) is 26.0 Å². The topological polar surface area (TPSA) is 76.8 Å². The van der Waals surface area contributed by atoms with Crippen LogP contribution in [0.3, 0.4) is 0 Å². The van der Waals surface area contributed by atoms with Crippen LogP contribution in [0.1, 0.15) is 27.2 Å². The molecule has 1 atom stereocenters. The van der Waals surface area contributed by atoms with Gasteiger partial charge in [-0.25, -0.2) is 0 Å². The molecule has 6 nitrogen and oxygen atoms in total. The maximum atomic E-state index is 12.3. The molecule has 1 saturated heterocycles. The molecule has 1 aromatic carbocycles. The summed E-state index contributed by atoms with van der Waals surface area (Å²) in [6, 6.07) is 5.46. The zero-order valence-corrected chi connectivity index (χ0v) is 16.2. The number of likely N-dealkylation sites (tertiary alicyclic amines) is 1. The van der Waals surface area contributed by atoms with Gasteiger partial charge in [-0.3, -0.25) is 9.69 Å². The van der Waals surface area contributed by atoms with Gasteiger partial charge in [0.2, 0.25) is 5.91 Å². The molecule has 0 bridgehead atoms. The van der Waals surface area contributed by atoms with Crippen LogP contribution in [0.5, 0.6) is 11.5 Å². The first-order valence-corrected chi connectivity index (χ1v) is 8.61. The minimum Gasteiger partial charge on any atom is -0.490 e. The maximum absolute atomic E-state index is 12.3. The molecule has 1 unspecified atom stereocenters. The van der Waals surface area contributed by atoms with Gasteiger partial charge in [-0.05, 0) is 50.9 Å². The van der Waals surface area contributed by atoms with Gasteiger partial charge < -0.3 is 20.5 Å². The van der Waals surface area contributed by atoms with Crippen LogP contribution in [0.25, 0.3) is 0 Å². The molecule has 1 aromatic rings. The second kappa shape index (κ2) is 9.85. The zero-order chi connectivity index (χ0) is 17.6. The van der Waals surface area contributed by atoms with Crippen LogP contribution in [0, 0.1) is 5.41 Å². The lowest BCUT2D eigenvalue weighted by molar-refractivity contribution is -0.117. The number of hydrogen-bond donors (Lipinski definition) is 2. The fraction of sp³-hybridized carbons (Fsp3) is 0.611. The second-order valence-electron chi connectivity index (χ2n) is 6.55. The zero-order valence-electron chi connectivity index (χ0n) is 15.3. The molecule has 2 rings (SSSR count). The summed E-state index contributed by atoms with van der Waals surface area (Å²) in [5.41, 5.74) is 6.66. The van der Waals surface area contributed by atoms with E-state index in [1.54, 1.807) is 6.07 Å². The fourth-order valence-electron chi connectivity index (χ4n) is 2.96.